The summed E-state index contributed by atoms with van der Waals surface area (Å²) in [5.41, 5.74) is 2.86. The van der Waals surface area contributed by atoms with Crippen LogP contribution in [-0.2, 0) is 11.2 Å². The largest absolute Gasteiger partial charge is 0.342 e. The zero-order valence-electron chi connectivity index (χ0n) is 13.7. The summed E-state index contributed by atoms with van der Waals surface area (Å²) >= 11 is 0. The fourth-order valence-electron chi connectivity index (χ4n) is 3.39. The number of halogens is 1. The highest BCUT2D eigenvalue weighted by atomic mass is 19.1. The molecule has 25 heavy (non-hydrogen) atoms. The average Bonchev–Trinajstić information content (AvgIpc) is 3.08. The average molecular weight is 339 g/mol. The van der Waals surface area contributed by atoms with Gasteiger partial charge in [-0.1, -0.05) is 18.2 Å². The van der Waals surface area contributed by atoms with Gasteiger partial charge in [-0.15, -0.1) is 0 Å². The quantitative estimate of drug-likeness (QED) is 0.795. The zero-order valence-corrected chi connectivity index (χ0v) is 13.7. The molecular weight excluding hydrogens is 321 g/mol. The van der Waals surface area contributed by atoms with E-state index in [9.17, 15) is 9.18 Å². The van der Waals surface area contributed by atoms with E-state index in [0.717, 1.165) is 24.1 Å². The second kappa shape index (κ2) is 6.58. The van der Waals surface area contributed by atoms with E-state index in [1.807, 2.05) is 4.90 Å². The van der Waals surface area contributed by atoms with Gasteiger partial charge < -0.3 is 4.90 Å². The Kier molecular flexibility index (Phi) is 4.13. The molecule has 1 fully saturated rings. The number of piperidine rings is 1. The summed E-state index contributed by atoms with van der Waals surface area (Å²) in [5, 5.41) is 7.24. The lowest BCUT2D eigenvalue weighted by atomic mass is 9.92. The topological polar surface area (TPSA) is 74.8 Å². The van der Waals surface area contributed by atoms with Crippen LogP contribution in [0.4, 0.5) is 4.39 Å². The van der Waals surface area contributed by atoms with Crippen molar-refractivity contribution in [1.29, 1.82) is 0 Å². The Morgan fingerprint density at radius 3 is 2.76 bits per heavy atom. The maximum Gasteiger partial charge on any atom is 0.227 e. The summed E-state index contributed by atoms with van der Waals surface area (Å²) in [6.45, 7) is 1.30. The molecule has 0 unspecified atom stereocenters. The van der Waals surface area contributed by atoms with Crippen LogP contribution < -0.4 is 0 Å². The van der Waals surface area contributed by atoms with Crippen molar-refractivity contribution in [3.05, 3.63) is 53.7 Å². The number of fused-ring (bicyclic) bond motifs is 1. The van der Waals surface area contributed by atoms with Gasteiger partial charge in [0.25, 0.3) is 0 Å². The van der Waals surface area contributed by atoms with Crippen LogP contribution in [0.3, 0.4) is 0 Å². The van der Waals surface area contributed by atoms with Crippen LogP contribution >= 0.6 is 0 Å². The van der Waals surface area contributed by atoms with E-state index in [2.05, 4.69) is 20.2 Å². The summed E-state index contributed by atoms with van der Waals surface area (Å²) in [6.07, 6.45) is 5.05. The van der Waals surface area contributed by atoms with E-state index in [1.54, 1.807) is 30.6 Å². The van der Waals surface area contributed by atoms with E-state index in [0.29, 0.717) is 24.3 Å². The number of benzene rings is 1. The van der Waals surface area contributed by atoms with Crippen LogP contribution in [0.2, 0.25) is 0 Å². The monoisotopic (exact) mass is 339 g/mol. The Hall–Kier alpha value is -2.83. The number of carbonyl (C=O) groups excluding carboxylic acids is 1. The standard InChI is InChI=1S/C18H18FN5O/c19-14-4-2-1-3-13(14)11-15(25)24-9-5-12(6-10-24)16-17-18(23-22-16)21-8-7-20-17/h1-4,7-8,12H,5-6,9-11H2,(H,21,22,23). The normalized spacial score (nSPS) is 15.6. The molecule has 1 aromatic carbocycles. The maximum absolute atomic E-state index is 13.7. The second-order valence-electron chi connectivity index (χ2n) is 6.29. The first kappa shape index (κ1) is 15.7. The van der Waals surface area contributed by atoms with Crippen molar-refractivity contribution in [2.24, 2.45) is 0 Å². The van der Waals surface area contributed by atoms with Gasteiger partial charge >= 0.3 is 0 Å². The van der Waals surface area contributed by atoms with Crippen molar-refractivity contribution in [1.82, 2.24) is 25.1 Å². The number of nitrogens with one attached hydrogen (secondary N) is 1. The summed E-state index contributed by atoms with van der Waals surface area (Å²) < 4.78 is 13.7. The molecule has 3 aromatic rings. The van der Waals surface area contributed by atoms with Gasteiger partial charge in [-0.05, 0) is 24.5 Å². The molecular formula is C18H18FN5O. The minimum absolute atomic E-state index is 0.0298. The first-order valence-electron chi connectivity index (χ1n) is 8.38. The molecule has 1 N–H and O–H groups in total. The molecule has 1 aliphatic rings. The highest BCUT2D eigenvalue weighted by molar-refractivity contribution is 5.79. The number of aromatic amines is 1. The fraction of sp³-hybridized carbons (Fsp3) is 0.333. The summed E-state index contributed by atoms with van der Waals surface area (Å²) in [4.78, 5) is 22.8. The van der Waals surface area contributed by atoms with Crippen LogP contribution in [-0.4, -0.2) is 44.1 Å². The van der Waals surface area contributed by atoms with Gasteiger partial charge in [-0.2, -0.15) is 5.10 Å². The van der Waals surface area contributed by atoms with Gasteiger partial charge in [0.1, 0.15) is 11.3 Å². The number of carbonyl (C=O) groups is 1. The lowest BCUT2D eigenvalue weighted by molar-refractivity contribution is -0.131. The molecule has 128 valence electrons. The molecule has 0 aliphatic carbocycles. The molecule has 0 bridgehead atoms. The Balaban J connectivity index is 1.41. The molecule has 7 heteroatoms. The third-order valence-corrected chi connectivity index (χ3v) is 4.77. The van der Waals surface area contributed by atoms with Crippen molar-refractivity contribution in [2.45, 2.75) is 25.2 Å². The number of aromatic nitrogens is 4. The molecule has 0 saturated carbocycles. The van der Waals surface area contributed by atoms with Crippen LogP contribution in [0.15, 0.2) is 36.7 Å². The van der Waals surface area contributed by atoms with Gasteiger partial charge in [0, 0.05) is 31.4 Å². The van der Waals surface area contributed by atoms with Crippen LogP contribution in [0.5, 0.6) is 0 Å². The highest BCUT2D eigenvalue weighted by Crippen LogP contribution is 2.30. The van der Waals surface area contributed by atoms with E-state index in [-0.39, 0.29) is 24.1 Å². The van der Waals surface area contributed by atoms with Crippen molar-refractivity contribution in [3.63, 3.8) is 0 Å². The molecule has 2 aromatic heterocycles. The molecule has 1 saturated heterocycles. The molecule has 4 rings (SSSR count). The molecule has 1 aliphatic heterocycles. The summed E-state index contributed by atoms with van der Waals surface area (Å²) in [7, 11) is 0. The van der Waals surface area contributed by atoms with Crippen molar-refractivity contribution >= 4 is 17.1 Å². The number of hydrogen-bond donors (Lipinski definition) is 1. The summed E-state index contributed by atoms with van der Waals surface area (Å²) in [6, 6.07) is 6.43. The van der Waals surface area contributed by atoms with E-state index in [4.69, 9.17) is 0 Å². The van der Waals surface area contributed by atoms with E-state index < -0.39 is 0 Å². The van der Waals surface area contributed by atoms with Crippen LogP contribution in [0.1, 0.15) is 30.0 Å². The molecule has 0 spiro atoms. The maximum atomic E-state index is 13.7. The summed E-state index contributed by atoms with van der Waals surface area (Å²) in [5.74, 6) is -0.0785. The fourth-order valence-corrected chi connectivity index (χ4v) is 3.39. The van der Waals surface area contributed by atoms with E-state index in [1.165, 1.54) is 6.07 Å². The number of amides is 1. The van der Waals surface area contributed by atoms with Crippen molar-refractivity contribution in [3.8, 4) is 0 Å². The Morgan fingerprint density at radius 1 is 1.20 bits per heavy atom. The molecule has 0 radical (unpaired) electrons. The highest BCUT2D eigenvalue weighted by Gasteiger charge is 2.27. The minimum atomic E-state index is -0.326. The van der Waals surface area contributed by atoms with Gasteiger partial charge in [0.2, 0.25) is 5.91 Å². The first-order chi connectivity index (χ1) is 12.2. The Morgan fingerprint density at radius 2 is 1.96 bits per heavy atom. The smallest absolute Gasteiger partial charge is 0.227 e. The van der Waals surface area contributed by atoms with Gasteiger partial charge in [0.05, 0.1) is 12.1 Å². The second-order valence-corrected chi connectivity index (χ2v) is 6.29. The third kappa shape index (κ3) is 3.09. The molecule has 3 heterocycles. The number of nitrogens with zero attached hydrogens (tertiary/aromatic N) is 4. The van der Waals surface area contributed by atoms with Crippen LogP contribution in [0, 0.1) is 5.82 Å². The first-order valence-corrected chi connectivity index (χ1v) is 8.38. The van der Waals surface area contributed by atoms with Gasteiger partial charge in [-0.25, -0.2) is 14.4 Å². The number of H-pyrrole nitrogens is 1. The molecule has 1 amide bonds. The SMILES string of the molecule is O=C(Cc1ccccc1F)N1CCC(c2[nH]nc3nccnc23)CC1. The lowest BCUT2D eigenvalue weighted by Crippen LogP contribution is -2.39. The predicted octanol–water partition coefficient (Wildman–Crippen LogP) is 2.44. The third-order valence-electron chi connectivity index (χ3n) is 4.77. The minimum Gasteiger partial charge on any atom is -0.342 e. The van der Waals surface area contributed by atoms with Crippen LogP contribution in [0.25, 0.3) is 11.2 Å². The van der Waals surface area contributed by atoms with E-state index >= 15 is 0 Å². The van der Waals surface area contributed by atoms with Gasteiger partial charge in [0.15, 0.2) is 5.65 Å². The number of rotatable bonds is 3. The lowest BCUT2D eigenvalue weighted by Gasteiger charge is -2.31. The predicted molar refractivity (Wildman–Crippen MR) is 90.3 cm³/mol. The Bertz CT molecular complexity index is 901. The van der Waals surface area contributed by atoms with Crippen molar-refractivity contribution < 1.29 is 9.18 Å². The Labute approximate surface area is 144 Å². The molecule has 0 atom stereocenters. The van der Waals surface area contributed by atoms with Gasteiger partial charge in [-0.3, -0.25) is 9.89 Å². The number of hydrogen-bond acceptors (Lipinski definition) is 4. The number of likely N-dealkylation sites (tertiary alicyclic amines) is 1. The van der Waals surface area contributed by atoms with Crippen molar-refractivity contribution in [2.75, 3.05) is 13.1 Å². The zero-order chi connectivity index (χ0) is 17.2. The molecule has 6 nitrogen and oxygen atoms in total.